The van der Waals surface area contributed by atoms with Gasteiger partial charge in [-0.3, -0.25) is 14.3 Å². The monoisotopic (exact) mass is 358 g/mol. The number of piperazine rings is 1. The van der Waals surface area contributed by atoms with Gasteiger partial charge in [-0.15, -0.1) is 0 Å². The molecule has 1 aromatic heterocycles. The van der Waals surface area contributed by atoms with Crippen LogP contribution in [0.4, 0.5) is 0 Å². The number of hydrogen-bond acceptors (Lipinski definition) is 5. The minimum atomic E-state index is -0.0688. The molecule has 1 saturated heterocycles. The second-order valence-electron chi connectivity index (χ2n) is 7.45. The van der Waals surface area contributed by atoms with E-state index in [1.54, 1.807) is 16.7 Å². The minimum Gasteiger partial charge on any atom is -0.508 e. The zero-order valence-electron chi connectivity index (χ0n) is 16.2. The molecular weight excluding hydrogens is 328 g/mol. The molecule has 0 saturated carbocycles. The van der Waals surface area contributed by atoms with E-state index in [1.807, 2.05) is 6.92 Å². The van der Waals surface area contributed by atoms with Crippen LogP contribution in [0.3, 0.4) is 0 Å². The Morgan fingerprint density at radius 2 is 1.96 bits per heavy atom. The average Bonchev–Trinajstić information content (AvgIpc) is 2.59. The summed E-state index contributed by atoms with van der Waals surface area (Å²) in [6.07, 6.45) is 2.00. The Labute approximate surface area is 154 Å². The highest BCUT2D eigenvalue weighted by molar-refractivity contribution is 5.79. The lowest BCUT2D eigenvalue weighted by Crippen LogP contribution is -2.55. The fourth-order valence-electron chi connectivity index (χ4n) is 4.16. The number of hydrogen-bond donors (Lipinski definition) is 2. The van der Waals surface area contributed by atoms with E-state index in [4.69, 9.17) is 4.98 Å². The molecule has 0 spiro atoms. The second-order valence-corrected chi connectivity index (χ2v) is 7.45. The van der Waals surface area contributed by atoms with Crippen molar-refractivity contribution in [1.29, 1.82) is 0 Å². The summed E-state index contributed by atoms with van der Waals surface area (Å²) in [6.45, 7) is 11.0. The van der Waals surface area contributed by atoms with Gasteiger partial charge in [0.2, 0.25) is 0 Å². The predicted molar refractivity (Wildman–Crippen MR) is 105 cm³/mol. The number of phenolic OH excluding ortho intramolecular Hbond substituents is 1. The van der Waals surface area contributed by atoms with Gasteiger partial charge in [-0.25, -0.2) is 4.98 Å². The molecule has 0 aliphatic carbocycles. The van der Waals surface area contributed by atoms with E-state index in [9.17, 15) is 9.90 Å². The Hall–Kier alpha value is -1.92. The van der Waals surface area contributed by atoms with Crippen molar-refractivity contribution >= 4 is 10.9 Å². The van der Waals surface area contributed by atoms with Gasteiger partial charge in [0.1, 0.15) is 11.6 Å². The summed E-state index contributed by atoms with van der Waals surface area (Å²) in [6, 6.07) is 5.80. The van der Waals surface area contributed by atoms with Gasteiger partial charge < -0.3 is 10.4 Å². The van der Waals surface area contributed by atoms with Crippen molar-refractivity contribution in [2.75, 3.05) is 13.1 Å². The molecule has 1 aromatic carbocycles. The molecular formula is C20H30N4O2. The highest BCUT2D eigenvalue weighted by Crippen LogP contribution is 2.27. The molecule has 1 fully saturated rings. The topological polar surface area (TPSA) is 70.4 Å². The van der Waals surface area contributed by atoms with Gasteiger partial charge in [0, 0.05) is 31.7 Å². The number of aromatic nitrogens is 2. The quantitative estimate of drug-likeness (QED) is 0.860. The lowest BCUT2D eigenvalue weighted by atomic mass is 10.0. The number of nitrogens with zero attached hydrogens (tertiary/aromatic N) is 3. The van der Waals surface area contributed by atoms with Gasteiger partial charge in [-0.1, -0.05) is 13.3 Å². The first-order valence-corrected chi connectivity index (χ1v) is 9.68. The Morgan fingerprint density at radius 1 is 1.27 bits per heavy atom. The maximum absolute atomic E-state index is 13.0. The van der Waals surface area contributed by atoms with E-state index in [-0.39, 0.29) is 17.4 Å². The van der Waals surface area contributed by atoms with Crippen molar-refractivity contribution in [1.82, 2.24) is 19.8 Å². The Morgan fingerprint density at radius 3 is 2.58 bits per heavy atom. The molecule has 3 rings (SSSR count). The van der Waals surface area contributed by atoms with Crippen LogP contribution < -0.4 is 10.9 Å². The van der Waals surface area contributed by atoms with Gasteiger partial charge in [-0.2, -0.15) is 0 Å². The molecule has 26 heavy (non-hydrogen) atoms. The van der Waals surface area contributed by atoms with Gasteiger partial charge in [-0.05, 0) is 45.4 Å². The summed E-state index contributed by atoms with van der Waals surface area (Å²) in [5.74, 6) is 0.945. The predicted octanol–water partition coefficient (Wildman–Crippen LogP) is 2.65. The highest BCUT2D eigenvalue weighted by Gasteiger charge is 2.30. The number of rotatable bonds is 5. The van der Waals surface area contributed by atoms with Crippen molar-refractivity contribution in [3.8, 4) is 5.75 Å². The van der Waals surface area contributed by atoms with Gasteiger partial charge >= 0.3 is 0 Å². The molecule has 0 bridgehead atoms. The van der Waals surface area contributed by atoms with Gasteiger partial charge in [0.15, 0.2) is 0 Å². The van der Waals surface area contributed by atoms with Crippen LogP contribution in [0.2, 0.25) is 0 Å². The van der Waals surface area contributed by atoms with Crippen molar-refractivity contribution < 1.29 is 5.11 Å². The molecule has 0 amide bonds. The standard InChI is InChI=1S/C20H30N4O2/c1-5-7-18(23-11-13(3)21-14(4)12-23)19-22-17-9-8-15(25)10-16(17)20(26)24(19)6-2/h8-10,13-14,18,21,25H,5-7,11-12H2,1-4H3/t13-,14+,18-/m1/s1. The largest absolute Gasteiger partial charge is 0.508 e. The van der Waals surface area contributed by atoms with Crippen LogP contribution in [0.5, 0.6) is 5.75 Å². The van der Waals surface area contributed by atoms with Crippen LogP contribution >= 0.6 is 0 Å². The summed E-state index contributed by atoms with van der Waals surface area (Å²) in [7, 11) is 0. The van der Waals surface area contributed by atoms with E-state index in [0.717, 1.165) is 31.8 Å². The summed E-state index contributed by atoms with van der Waals surface area (Å²) in [5, 5.41) is 13.8. The van der Waals surface area contributed by atoms with Crippen LogP contribution in [0.15, 0.2) is 23.0 Å². The van der Waals surface area contributed by atoms with Crippen molar-refractivity contribution in [3.63, 3.8) is 0 Å². The summed E-state index contributed by atoms with van der Waals surface area (Å²) < 4.78 is 1.78. The summed E-state index contributed by atoms with van der Waals surface area (Å²) in [4.78, 5) is 20.4. The molecule has 3 atom stereocenters. The molecule has 2 heterocycles. The molecule has 0 radical (unpaired) electrons. The molecule has 1 aliphatic rings. The third-order valence-corrected chi connectivity index (χ3v) is 5.17. The van der Waals surface area contributed by atoms with Crippen molar-refractivity contribution in [2.45, 2.75) is 65.2 Å². The molecule has 1 aliphatic heterocycles. The number of nitrogens with one attached hydrogen (secondary N) is 1. The van der Waals surface area contributed by atoms with Crippen molar-refractivity contribution in [3.05, 3.63) is 34.4 Å². The highest BCUT2D eigenvalue weighted by atomic mass is 16.3. The van der Waals surface area contributed by atoms with Crippen LogP contribution in [0.1, 0.15) is 52.4 Å². The molecule has 2 aromatic rings. The maximum atomic E-state index is 13.0. The zero-order chi connectivity index (χ0) is 18.8. The Balaban J connectivity index is 2.13. The van der Waals surface area contributed by atoms with Crippen LogP contribution in [-0.2, 0) is 6.54 Å². The van der Waals surface area contributed by atoms with Crippen LogP contribution in [0, 0.1) is 0 Å². The SMILES string of the molecule is CCC[C@H](c1nc2ccc(O)cc2c(=O)n1CC)N1C[C@@H](C)N[C@@H](C)C1. The van der Waals surface area contributed by atoms with Crippen LogP contribution in [-0.4, -0.2) is 44.7 Å². The van der Waals surface area contributed by atoms with E-state index in [1.165, 1.54) is 6.07 Å². The van der Waals surface area contributed by atoms with Crippen molar-refractivity contribution in [2.24, 2.45) is 0 Å². The molecule has 142 valence electrons. The van der Waals surface area contributed by atoms with E-state index in [0.29, 0.717) is 29.5 Å². The molecule has 6 nitrogen and oxygen atoms in total. The normalized spacial score (nSPS) is 22.6. The molecule has 6 heteroatoms. The molecule has 2 N–H and O–H groups in total. The Bertz CT molecular complexity index is 822. The maximum Gasteiger partial charge on any atom is 0.261 e. The number of phenols is 1. The first-order valence-electron chi connectivity index (χ1n) is 9.68. The van der Waals surface area contributed by atoms with E-state index < -0.39 is 0 Å². The number of aromatic hydroxyl groups is 1. The van der Waals surface area contributed by atoms with Crippen LogP contribution in [0.25, 0.3) is 10.9 Å². The minimum absolute atomic E-state index is 0.0688. The lowest BCUT2D eigenvalue weighted by molar-refractivity contribution is 0.109. The van der Waals surface area contributed by atoms with E-state index >= 15 is 0 Å². The zero-order valence-corrected chi connectivity index (χ0v) is 16.2. The third kappa shape index (κ3) is 3.62. The smallest absolute Gasteiger partial charge is 0.261 e. The fraction of sp³-hybridized carbons (Fsp3) is 0.600. The van der Waals surface area contributed by atoms with Gasteiger partial charge in [0.25, 0.3) is 5.56 Å². The first-order chi connectivity index (χ1) is 12.4. The number of fused-ring (bicyclic) bond motifs is 1. The first kappa shape index (κ1) is 18.9. The summed E-state index contributed by atoms with van der Waals surface area (Å²) in [5.41, 5.74) is 0.588. The van der Waals surface area contributed by atoms with E-state index in [2.05, 4.69) is 31.0 Å². The van der Waals surface area contributed by atoms with Gasteiger partial charge in [0.05, 0.1) is 16.9 Å². The number of benzene rings is 1. The second kappa shape index (κ2) is 7.76. The average molecular weight is 358 g/mol. The fourth-order valence-corrected chi connectivity index (χ4v) is 4.16. The summed E-state index contributed by atoms with van der Waals surface area (Å²) >= 11 is 0. The molecule has 0 unspecified atom stereocenters. The third-order valence-electron chi connectivity index (χ3n) is 5.17. The lowest BCUT2D eigenvalue weighted by Gasteiger charge is -2.41. The Kier molecular flexibility index (Phi) is 5.63.